The average molecular weight is 376 g/mol. The Morgan fingerprint density at radius 1 is 1.28 bits per heavy atom. The molecule has 0 radical (unpaired) electrons. The van der Waals surface area contributed by atoms with E-state index >= 15 is 0 Å². The number of hydrogen-bond acceptors (Lipinski definition) is 6. The molecule has 25 heavy (non-hydrogen) atoms. The highest BCUT2D eigenvalue weighted by atomic mass is 32.2. The highest BCUT2D eigenvalue weighted by Crippen LogP contribution is 2.36. The molecule has 9 heteroatoms. The van der Waals surface area contributed by atoms with Crippen LogP contribution in [0.3, 0.4) is 0 Å². The van der Waals surface area contributed by atoms with E-state index in [0.717, 1.165) is 22.2 Å². The Labute approximate surface area is 152 Å². The number of amides is 3. The Kier molecular flexibility index (Phi) is 4.69. The van der Waals surface area contributed by atoms with Crippen molar-refractivity contribution in [2.75, 3.05) is 6.54 Å². The summed E-state index contributed by atoms with van der Waals surface area (Å²) in [6.45, 7) is -0.719. The van der Waals surface area contributed by atoms with E-state index in [1.165, 1.54) is 0 Å². The van der Waals surface area contributed by atoms with Crippen molar-refractivity contribution in [3.63, 3.8) is 0 Å². The molecule has 3 amide bonds. The number of imide groups is 1. The molecule has 1 N–H and O–H groups in total. The van der Waals surface area contributed by atoms with Gasteiger partial charge in [-0.25, -0.2) is 0 Å². The third-order valence-electron chi connectivity index (χ3n) is 3.75. The van der Waals surface area contributed by atoms with Crippen molar-refractivity contribution in [1.82, 2.24) is 9.80 Å². The number of carbonyl (C=O) groups is 4. The molecule has 0 spiro atoms. The number of thioether (sulfide) groups is 1. The first-order valence-corrected chi connectivity index (χ1v) is 8.49. The summed E-state index contributed by atoms with van der Waals surface area (Å²) in [5.74, 6) is -3.10. The van der Waals surface area contributed by atoms with Crippen molar-refractivity contribution in [2.45, 2.75) is 12.5 Å². The van der Waals surface area contributed by atoms with E-state index in [4.69, 9.17) is 17.3 Å². The predicted molar refractivity (Wildman–Crippen MR) is 94.2 cm³/mol. The van der Waals surface area contributed by atoms with Crippen molar-refractivity contribution in [3.05, 3.63) is 40.8 Å². The lowest BCUT2D eigenvalue weighted by Gasteiger charge is -2.20. The number of hydrogen-bond donors (Lipinski definition) is 1. The molecule has 2 heterocycles. The van der Waals surface area contributed by atoms with E-state index in [2.05, 4.69) is 0 Å². The van der Waals surface area contributed by atoms with Crippen molar-refractivity contribution >= 4 is 58.1 Å². The van der Waals surface area contributed by atoms with Gasteiger partial charge in [-0.2, -0.15) is 0 Å². The van der Waals surface area contributed by atoms with Crippen molar-refractivity contribution in [3.8, 4) is 0 Å². The van der Waals surface area contributed by atoms with Gasteiger partial charge in [-0.05, 0) is 11.6 Å². The lowest BCUT2D eigenvalue weighted by atomic mass is 10.2. The van der Waals surface area contributed by atoms with E-state index in [1.807, 2.05) is 30.3 Å². The average Bonchev–Trinajstić information content (AvgIpc) is 2.98. The lowest BCUT2D eigenvalue weighted by Crippen LogP contribution is -2.45. The topological polar surface area (TPSA) is 95.0 Å². The fourth-order valence-electron chi connectivity index (χ4n) is 2.62. The number of aliphatic carboxylic acids is 1. The zero-order valence-corrected chi connectivity index (χ0v) is 14.4. The van der Waals surface area contributed by atoms with Crippen LogP contribution < -0.4 is 0 Å². The molecule has 0 bridgehead atoms. The van der Waals surface area contributed by atoms with Crippen molar-refractivity contribution in [2.24, 2.45) is 0 Å². The van der Waals surface area contributed by atoms with Gasteiger partial charge in [0, 0.05) is 0 Å². The SMILES string of the molecule is O=C(O)CN1C(=O)C[C@H](N2C(=O)/C(=C/c3ccccc3)SC2=S)C1=O. The number of carboxylic acids is 1. The fourth-order valence-corrected chi connectivity index (χ4v) is 3.97. The first-order chi connectivity index (χ1) is 11.9. The van der Waals surface area contributed by atoms with Crippen LogP contribution in [-0.4, -0.2) is 55.5 Å². The second kappa shape index (κ2) is 6.77. The number of benzene rings is 1. The van der Waals surface area contributed by atoms with E-state index in [0.29, 0.717) is 9.81 Å². The van der Waals surface area contributed by atoms with Gasteiger partial charge in [-0.1, -0.05) is 54.3 Å². The maximum absolute atomic E-state index is 12.6. The smallest absolute Gasteiger partial charge is 0.323 e. The summed E-state index contributed by atoms with van der Waals surface area (Å²) in [4.78, 5) is 49.8. The van der Waals surface area contributed by atoms with Gasteiger partial charge in [-0.15, -0.1) is 0 Å². The molecule has 0 unspecified atom stereocenters. The molecular weight excluding hydrogens is 364 g/mol. The van der Waals surface area contributed by atoms with Crippen LogP contribution in [0.4, 0.5) is 0 Å². The molecule has 2 aliphatic rings. The van der Waals surface area contributed by atoms with Gasteiger partial charge in [0.25, 0.3) is 11.8 Å². The quantitative estimate of drug-likeness (QED) is 0.478. The summed E-state index contributed by atoms with van der Waals surface area (Å²) in [5, 5.41) is 8.81. The van der Waals surface area contributed by atoms with Gasteiger partial charge in [-0.3, -0.25) is 29.0 Å². The third-order valence-corrected chi connectivity index (χ3v) is 5.08. The van der Waals surface area contributed by atoms with Gasteiger partial charge in [0.15, 0.2) is 0 Å². The minimum absolute atomic E-state index is 0.176. The lowest BCUT2D eigenvalue weighted by molar-refractivity contribution is -0.149. The molecule has 0 aromatic heterocycles. The highest BCUT2D eigenvalue weighted by Gasteiger charge is 2.48. The predicted octanol–water partition coefficient (Wildman–Crippen LogP) is 1.10. The van der Waals surface area contributed by atoms with E-state index in [1.54, 1.807) is 6.08 Å². The van der Waals surface area contributed by atoms with Crippen LogP contribution in [0.2, 0.25) is 0 Å². The fraction of sp³-hybridized carbons (Fsp3) is 0.188. The first-order valence-electron chi connectivity index (χ1n) is 7.26. The molecule has 1 aromatic carbocycles. The summed E-state index contributed by atoms with van der Waals surface area (Å²) in [5.41, 5.74) is 0.810. The van der Waals surface area contributed by atoms with E-state index < -0.39 is 36.3 Å². The monoisotopic (exact) mass is 376 g/mol. The Balaban J connectivity index is 1.84. The third kappa shape index (κ3) is 3.33. The van der Waals surface area contributed by atoms with Crippen LogP contribution in [0.15, 0.2) is 35.2 Å². The normalized spacial score (nSPS) is 22.4. The Morgan fingerprint density at radius 2 is 1.96 bits per heavy atom. The molecule has 2 aliphatic heterocycles. The van der Waals surface area contributed by atoms with Gasteiger partial charge in [0.2, 0.25) is 5.91 Å². The zero-order valence-electron chi connectivity index (χ0n) is 12.7. The zero-order chi connectivity index (χ0) is 18.1. The van der Waals surface area contributed by atoms with Crippen molar-refractivity contribution in [1.29, 1.82) is 0 Å². The molecule has 3 rings (SSSR count). The number of carboxylic acid groups (broad SMARTS) is 1. The minimum Gasteiger partial charge on any atom is -0.480 e. The summed E-state index contributed by atoms with van der Waals surface area (Å²) in [6, 6.07) is 8.07. The Bertz CT molecular complexity index is 821. The highest BCUT2D eigenvalue weighted by molar-refractivity contribution is 8.26. The number of carbonyl (C=O) groups excluding carboxylic acids is 3. The Hall–Kier alpha value is -2.52. The van der Waals surface area contributed by atoms with Gasteiger partial charge in [0.1, 0.15) is 16.9 Å². The standard InChI is InChI=1S/C16H12N2O5S2/c19-12-7-10(14(22)17(12)8-13(20)21)18-15(23)11(25-16(18)24)6-9-4-2-1-3-5-9/h1-6,10H,7-8H2,(H,20,21)/b11-6-/t10-/m0/s1. The Morgan fingerprint density at radius 3 is 2.60 bits per heavy atom. The summed E-state index contributed by atoms with van der Waals surface area (Å²) >= 11 is 6.25. The van der Waals surface area contributed by atoms with Crippen LogP contribution in [0.25, 0.3) is 6.08 Å². The van der Waals surface area contributed by atoms with Gasteiger partial charge >= 0.3 is 5.97 Å². The van der Waals surface area contributed by atoms with Crippen LogP contribution in [-0.2, 0) is 19.2 Å². The van der Waals surface area contributed by atoms with E-state index in [9.17, 15) is 19.2 Å². The summed E-state index contributed by atoms with van der Waals surface area (Å²) in [6.07, 6.45) is 1.40. The van der Waals surface area contributed by atoms with Crippen molar-refractivity contribution < 1.29 is 24.3 Å². The second-order valence-electron chi connectivity index (χ2n) is 5.39. The molecular formula is C16H12N2O5S2. The largest absolute Gasteiger partial charge is 0.480 e. The maximum Gasteiger partial charge on any atom is 0.323 e. The molecule has 128 valence electrons. The molecule has 1 atom stereocenters. The van der Waals surface area contributed by atoms with Crippen LogP contribution in [0.5, 0.6) is 0 Å². The van der Waals surface area contributed by atoms with Crippen LogP contribution >= 0.6 is 24.0 Å². The molecule has 2 saturated heterocycles. The molecule has 2 fully saturated rings. The number of likely N-dealkylation sites (tertiary alicyclic amines) is 1. The maximum atomic E-state index is 12.6. The number of rotatable bonds is 4. The number of thiocarbonyl (C=S) groups is 1. The second-order valence-corrected chi connectivity index (χ2v) is 7.07. The minimum atomic E-state index is -1.29. The van der Waals surface area contributed by atoms with Crippen LogP contribution in [0, 0.1) is 0 Å². The van der Waals surface area contributed by atoms with Gasteiger partial charge in [0.05, 0.1) is 11.3 Å². The van der Waals surface area contributed by atoms with Crippen LogP contribution in [0.1, 0.15) is 12.0 Å². The first kappa shape index (κ1) is 17.3. The van der Waals surface area contributed by atoms with E-state index in [-0.39, 0.29) is 10.7 Å². The molecule has 1 aromatic rings. The summed E-state index contributed by atoms with van der Waals surface area (Å²) in [7, 11) is 0. The van der Waals surface area contributed by atoms with Gasteiger partial charge < -0.3 is 5.11 Å². The molecule has 0 aliphatic carbocycles. The number of nitrogens with zero attached hydrogens (tertiary/aromatic N) is 2. The molecule has 0 saturated carbocycles. The summed E-state index contributed by atoms with van der Waals surface area (Å²) < 4.78 is 0.176. The molecule has 7 nitrogen and oxygen atoms in total.